The second kappa shape index (κ2) is 5.46. The summed E-state index contributed by atoms with van der Waals surface area (Å²) in [4.78, 5) is 12.9. The molecule has 0 radical (unpaired) electrons. The summed E-state index contributed by atoms with van der Waals surface area (Å²) in [5.74, 6) is -0.0142. The Morgan fingerprint density at radius 3 is 2.71 bits per heavy atom. The quantitative estimate of drug-likeness (QED) is 0.627. The Morgan fingerprint density at radius 1 is 1.50 bits per heavy atom. The molecule has 0 aliphatic carbocycles. The number of halogens is 1. The molecule has 0 aromatic heterocycles. The van der Waals surface area contributed by atoms with Gasteiger partial charge >= 0.3 is 0 Å². The summed E-state index contributed by atoms with van der Waals surface area (Å²) in [5.41, 5.74) is 1.10. The first-order valence-electron chi connectivity index (χ1n) is 4.49. The van der Waals surface area contributed by atoms with Gasteiger partial charge in [0.05, 0.1) is 5.92 Å². The fourth-order valence-electron chi connectivity index (χ4n) is 1.36. The number of carbonyl (C=O) groups is 1. The van der Waals surface area contributed by atoms with Crippen molar-refractivity contribution in [1.29, 1.82) is 0 Å². The van der Waals surface area contributed by atoms with Gasteiger partial charge in [0, 0.05) is 10.1 Å². The summed E-state index contributed by atoms with van der Waals surface area (Å²) in [7, 11) is 3.95. The SMILES string of the molecule is CN(C)CC(C=O)c1cccc(I)c1. The lowest BCUT2D eigenvalue weighted by Gasteiger charge is -2.16. The molecule has 1 unspecified atom stereocenters. The van der Waals surface area contributed by atoms with E-state index in [9.17, 15) is 4.79 Å². The lowest BCUT2D eigenvalue weighted by Crippen LogP contribution is -2.21. The van der Waals surface area contributed by atoms with Crippen LogP contribution in [-0.4, -0.2) is 31.8 Å². The Morgan fingerprint density at radius 2 is 2.21 bits per heavy atom. The minimum atomic E-state index is -0.0142. The molecule has 0 amide bonds. The maximum atomic E-state index is 10.9. The van der Waals surface area contributed by atoms with Gasteiger partial charge in [0.2, 0.25) is 0 Å². The molecule has 0 heterocycles. The van der Waals surface area contributed by atoms with Gasteiger partial charge < -0.3 is 9.69 Å². The molecule has 3 heteroatoms. The van der Waals surface area contributed by atoms with Crippen LogP contribution >= 0.6 is 22.6 Å². The summed E-state index contributed by atoms with van der Waals surface area (Å²) in [6.45, 7) is 0.767. The molecule has 0 saturated heterocycles. The van der Waals surface area contributed by atoms with Crippen molar-refractivity contribution in [3.05, 3.63) is 33.4 Å². The maximum Gasteiger partial charge on any atom is 0.128 e. The highest BCUT2D eigenvalue weighted by Gasteiger charge is 2.11. The van der Waals surface area contributed by atoms with Gasteiger partial charge in [0.1, 0.15) is 6.29 Å². The van der Waals surface area contributed by atoms with E-state index in [2.05, 4.69) is 28.7 Å². The van der Waals surface area contributed by atoms with E-state index in [4.69, 9.17) is 0 Å². The Labute approximate surface area is 98.4 Å². The fraction of sp³-hybridized carbons (Fsp3) is 0.364. The molecule has 0 aliphatic heterocycles. The van der Waals surface area contributed by atoms with E-state index in [1.807, 2.05) is 37.2 Å². The molecule has 76 valence electrons. The minimum absolute atomic E-state index is 0.0142. The van der Waals surface area contributed by atoms with Gasteiger partial charge in [-0.25, -0.2) is 0 Å². The van der Waals surface area contributed by atoms with E-state index in [0.29, 0.717) is 0 Å². The highest BCUT2D eigenvalue weighted by molar-refractivity contribution is 14.1. The average Bonchev–Trinajstić information content (AvgIpc) is 2.14. The molecular formula is C11H14INO. The summed E-state index contributed by atoms with van der Waals surface area (Å²) < 4.78 is 1.17. The third kappa shape index (κ3) is 3.38. The van der Waals surface area contributed by atoms with Crippen molar-refractivity contribution in [3.8, 4) is 0 Å². The van der Waals surface area contributed by atoms with E-state index < -0.39 is 0 Å². The molecule has 0 N–H and O–H groups in total. The summed E-state index contributed by atoms with van der Waals surface area (Å²) in [6, 6.07) is 8.08. The smallest absolute Gasteiger partial charge is 0.128 e. The molecule has 0 spiro atoms. The molecule has 0 fully saturated rings. The maximum absolute atomic E-state index is 10.9. The van der Waals surface area contributed by atoms with Gasteiger partial charge in [-0.05, 0) is 54.4 Å². The summed E-state index contributed by atoms with van der Waals surface area (Å²) >= 11 is 2.26. The highest BCUT2D eigenvalue weighted by Crippen LogP contribution is 2.16. The number of hydrogen-bond acceptors (Lipinski definition) is 2. The van der Waals surface area contributed by atoms with Crippen molar-refractivity contribution < 1.29 is 4.79 Å². The lowest BCUT2D eigenvalue weighted by molar-refractivity contribution is -0.109. The normalized spacial score (nSPS) is 12.9. The Hall–Kier alpha value is -0.420. The van der Waals surface area contributed by atoms with E-state index in [0.717, 1.165) is 18.4 Å². The zero-order valence-electron chi connectivity index (χ0n) is 8.40. The molecule has 1 rings (SSSR count). The van der Waals surface area contributed by atoms with Crippen LogP contribution in [0.15, 0.2) is 24.3 Å². The van der Waals surface area contributed by atoms with Crippen LogP contribution < -0.4 is 0 Å². The van der Waals surface area contributed by atoms with Crippen LogP contribution in [0.2, 0.25) is 0 Å². The number of aldehydes is 1. The van der Waals surface area contributed by atoms with Crippen LogP contribution in [0.4, 0.5) is 0 Å². The van der Waals surface area contributed by atoms with Gasteiger partial charge in [0.25, 0.3) is 0 Å². The third-order valence-corrected chi connectivity index (χ3v) is 2.67. The highest BCUT2D eigenvalue weighted by atomic mass is 127. The van der Waals surface area contributed by atoms with Crippen LogP contribution in [0, 0.1) is 3.57 Å². The van der Waals surface area contributed by atoms with Gasteiger partial charge in [-0.3, -0.25) is 0 Å². The number of benzene rings is 1. The van der Waals surface area contributed by atoms with E-state index in [1.54, 1.807) is 0 Å². The molecule has 1 atom stereocenters. The Kier molecular flexibility index (Phi) is 4.54. The van der Waals surface area contributed by atoms with Crippen molar-refractivity contribution in [3.63, 3.8) is 0 Å². The second-order valence-electron chi connectivity index (χ2n) is 3.56. The van der Waals surface area contributed by atoms with Crippen LogP contribution in [0.25, 0.3) is 0 Å². The molecular weight excluding hydrogens is 289 g/mol. The molecule has 14 heavy (non-hydrogen) atoms. The predicted molar refractivity (Wildman–Crippen MR) is 66.5 cm³/mol. The molecule has 1 aromatic rings. The number of hydrogen-bond donors (Lipinski definition) is 0. The van der Waals surface area contributed by atoms with Crippen molar-refractivity contribution in [2.75, 3.05) is 20.6 Å². The fourth-order valence-corrected chi connectivity index (χ4v) is 1.92. The van der Waals surface area contributed by atoms with E-state index >= 15 is 0 Å². The Balaban J connectivity index is 2.83. The van der Waals surface area contributed by atoms with Crippen molar-refractivity contribution in [1.82, 2.24) is 4.90 Å². The number of rotatable bonds is 4. The Bertz CT molecular complexity index is 312. The number of likely N-dealkylation sites (N-methyl/N-ethyl adjacent to an activating group) is 1. The monoisotopic (exact) mass is 303 g/mol. The van der Waals surface area contributed by atoms with E-state index in [-0.39, 0.29) is 5.92 Å². The lowest BCUT2D eigenvalue weighted by atomic mass is 10.0. The predicted octanol–water partition coefficient (Wildman–Crippen LogP) is 2.14. The van der Waals surface area contributed by atoms with Gasteiger partial charge in [-0.1, -0.05) is 12.1 Å². The van der Waals surface area contributed by atoms with Gasteiger partial charge in [-0.2, -0.15) is 0 Å². The van der Waals surface area contributed by atoms with Crippen LogP contribution in [-0.2, 0) is 4.79 Å². The molecule has 2 nitrogen and oxygen atoms in total. The van der Waals surface area contributed by atoms with Crippen molar-refractivity contribution >= 4 is 28.9 Å². The first-order chi connectivity index (χ1) is 6.63. The van der Waals surface area contributed by atoms with Crippen LogP contribution in [0.5, 0.6) is 0 Å². The average molecular weight is 303 g/mol. The molecule has 0 bridgehead atoms. The second-order valence-corrected chi connectivity index (χ2v) is 4.81. The molecule has 0 aliphatic rings. The summed E-state index contributed by atoms with van der Waals surface area (Å²) in [5, 5.41) is 0. The third-order valence-electron chi connectivity index (χ3n) is 2.00. The summed E-state index contributed by atoms with van der Waals surface area (Å²) in [6.07, 6.45) is 1.02. The van der Waals surface area contributed by atoms with Gasteiger partial charge in [0.15, 0.2) is 0 Å². The van der Waals surface area contributed by atoms with Crippen LogP contribution in [0.3, 0.4) is 0 Å². The number of carbonyl (C=O) groups excluding carboxylic acids is 1. The zero-order valence-corrected chi connectivity index (χ0v) is 10.6. The minimum Gasteiger partial charge on any atom is -0.308 e. The largest absolute Gasteiger partial charge is 0.308 e. The standard InChI is InChI=1S/C11H14INO/c1-13(2)7-10(8-14)9-4-3-5-11(12)6-9/h3-6,8,10H,7H2,1-2H3. The first kappa shape index (κ1) is 11.7. The van der Waals surface area contributed by atoms with Crippen molar-refractivity contribution in [2.45, 2.75) is 5.92 Å². The van der Waals surface area contributed by atoms with Crippen LogP contribution in [0.1, 0.15) is 11.5 Å². The van der Waals surface area contributed by atoms with Crippen molar-refractivity contribution in [2.24, 2.45) is 0 Å². The number of nitrogens with zero attached hydrogens (tertiary/aromatic N) is 1. The molecule has 1 aromatic carbocycles. The molecule has 0 saturated carbocycles. The van der Waals surface area contributed by atoms with E-state index in [1.165, 1.54) is 3.57 Å². The topological polar surface area (TPSA) is 20.3 Å². The first-order valence-corrected chi connectivity index (χ1v) is 5.57. The zero-order chi connectivity index (χ0) is 10.6. The van der Waals surface area contributed by atoms with Gasteiger partial charge in [-0.15, -0.1) is 0 Å².